The molecule has 2 aromatic rings. The van der Waals surface area contributed by atoms with Gasteiger partial charge in [-0.2, -0.15) is 5.10 Å². The van der Waals surface area contributed by atoms with E-state index in [9.17, 15) is 0 Å². The quantitative estimate of drug-likeness (QED) is 0.893. The number of nitrogens with one attached hydrogen (secondary N) is 1. The Balaban J connectivity index is 2.08. The summed E-state index contributed by atoms with van der Waals surface area (Å²) < 4.78 is 1.78. The molecule has 0 bridgehead atoms. The lowest BCUT2D eigenvalue weighted by Gasteiger charge is -2.09. The van der Waals surface area contributed by atoms with E-state index in [1.54, 1.807) is 4.68 Å². The number of aryl methyl sites for hydroxylation is 2. The summed E-state index contributed by atoms with van der Waals surface area (Å²) in [6.45, 7) is 2.98. The first kappa shape index (κ1) is 11.2. The number of hydrogen-bond donors (Lipinski definition) is 1. The van der Waals surface area contributed by atoms with Crippen molar-refractivity contribution in [2.45, 2.75) is 26.2 Å². The summed E-state index contributed by atoms with van der Waals surface area (Å²) >= 11 is 0. The molecular formula is C13H17N5. The third-order valence-corrected chi connectivity index (χ3v) is 3.24. The average molecular weight is 243 g/mol. The standard InChI is InChI=1S/C13H17N5/c1-3-14-13-10-5-4-6-11(10)16-12(17-13)9-7-15-18(2)8-9/h7-8H,3-6H2,1-2H3,(H,14,16,17). The monoisotopic (exact) mass is 243 g/mol. The largest absolute Gasteiger partial charge is 0.370 e. The normalized spacial score (nSPS) is 13.7. The van der Waals surface area contributed by atoms with E-state index in [-0.39, 0.29) is 0 Å². The van der Waals surface area contributed by atoms with Crippen molar-refractivity contribution in [2.24, 2.45) is 7.05 Å². The van der Waals surface area contributed by atoms with Crippen LogP contribution in [0, 0.1) is 0 Å². The molecule has 5 heteroatoms. The maximum atomic E-state index is 4.68. The van der Waals surface area contributed by atoms with Gasteiger partial charge in [-0.15, -0.1) is 0 Å². The third-order valence-electron chi connectivity index (χ3n) is 3.24. The molecule has 0 aromatic carbocycles. The van der Waals surface area contributed by atoms with Crippen molar-refractivity contribution in [2.75, 3.05) is 11.9 Å². The van der Waals surface area contributed by atoms with E-state index in [1.807, 2.05) is 19.4 Å². The molecule has 0 spiro atoms. The van der Waals surface area contributed by atoms with Crippen molar-refractivity contribution in [1.82, 2.24) is 19.7 Å². The van der Waals surface area contributed by atoms with Gasteiger partial charge in [-0.05, 0) is 26.2 Å². The Morgan fingerprint density at radius 1 is 1.33 bits per heavy atom. The van der Waals surface area contributed by atoms with Gasteiger partial charge in [0.15, 0.2) is 5.82 Å². The average Bonchev–Trinajstić information content (AvgIpc) is 2.97. The van der Waals surface area contributed by atoms with Gasteiger partial charge in [-0.25, -0.2) is 9.97 Å². The third kappa shape index (κ3) is 1.85. The highest BCUT2D eigenvalue weighted by Crippen LogP contribution is 2.28. The number of fused-ring (bicyclic) bond motifs is 1. The molecule has 2 heterocycles. The first-order chi connectivity index (χ1) is 8.78. The zero-order chi connectivity index (χ0) is 12.5. The maximum Gasteiger partial charge on any atom is 0.164 e. The van der Waals surface area contributed by atoms with Crippen molar-refractivity contribution in [3.63, 3.8) is 0 Å². The molecule has 3 rings (SSSR count). The van der Waals surface area contributed by atoms with Crippen molar-refractivity contribution >= 4 is 5.82 Å². The van der Waals surface area contributed by atoms with Crippen molar-refractivity contribution < 1.29 is 0 Å². The van der Waals surface area contributed by atoms with Crippen LogP contribution < -0.4 is 5.32 Å². The molecule has 1 N–H and O–H groups in total. The lowest BCUT2D eigenvalue weighted by molar-refractivity contribution is 0.768. The summed E-state index contributed by atoms with van der Waals surface area (Å²) in [7, 11) is 1.90. The van der Waals surface area contributed by atoms with Crippen LogP contribution in [0.4, 0.5) is 5.82 Å². The molecule has 2 aromatic heterocycles. The summed E-state index contributed by atoms with van der Waals surface area (Å²) in [4.78, 5) is 9.32. The van der Waals surface area contributed by atoms with Crippen LogP contribution in [-0.4, -0.2) is 26.3 Å². The van der Waals surface area contributed by atoms with Crippen LogP contribution in [0.2, 0.25) is 0 Å². The lowest BCUT2D eigenvalue weighted by atomic mass is 10.2. The zero-order valence-electron chi connectivity index (χ0n) is 10.8. The van der Waals surface area contributed by atoms with Crippen LogP contribution in [0.15, 0.2) is 12.4 Å². The van der Waals surface area contributed by atoms with Crippen molar-refractivity contribution in [3.8, 4) is 11.4 Å². The van der Waals surface area contributed by atoms with Crippen molar-refractivity contribution in [3.05, 3.63) is 23.7 Å². The van der Waals surface area contributed by atoms with Crippen LogP contribution in [0.3, 0.4) is 0 Å². The van der Waals surface area contributed by atoms with Crippen LogP contribution in [-0.2, 0) is 19.9 Å². The highest BCUT2D eigenvalue weighted by molar-refractivity contribution is 5.59. The number of aromatic nitrogens is 4. The van der Waals surface area contributed by atoms with Gasteiger partial charge in [0.05, 0.1) is 11.8 Å². The minimum atomic E-state index is 0.778. The number of nitrogens with zero attached hydrogens (tertiary/aromatic N) is 4. The molecule has 18 heavy (non-hydrogen) atoms. The Hall–Kier alpha value is -1.91. The fourth-order valence-electron chi connectivity index (χ4n) is 2.41. The Labute approximate surface area is 106 Å². The van der Waals surface area contributed by atoms with Crippen LogP contribution in [0.5, 0.6) is 0 Å². The predicted molar refractivity (Wildman–Crippen MR) is 70.4 cm³/mol. The molecule has 0 fully saturated rings. The van der Waals surface area contributed by atoms with E-state index >= 15 is 0 Å². The highest BCUT2D eigenvalue weighted by Gasteiger charge is 2.19. The Morgan fingerprint density at radius 3 is 2.94 bits per heavy atom. The van der Waals surface area contributed by atoms with Gasteiger partial charge in [0.2, 0.25) is 0 Å². The minimum absolute atomic E-state index is 0.778. The second kappa shape index (κ2) is 4.40. The second-order valence-electron chi connectivity index (χ2n) is 4.61. The van der Waals surface area contributed by atoms with Gasteiger partial charge in [0.1, 0.15) is 5.82 Å². The van der Waals surface area contributed by atoms with E-state index < -0.39 is 0 Å². The molecule has 0 radical (unpaired) electrons. The molecule has 1 aliphatic carbocycles. The SMILES string of the molecule is CCNc1nc(-c2cnn(C)c2)nc2c1CCC2. The van der Waals surface area contributed by atoms with Gasteiger partial charge in [-0.1, -0.05) is 0 Å². The number of rotatable bonds is 3. The molecule has 0 saturated heterocycles. The van der Waals surface area contributed by atoms with Crippen molar-refractivity contribution in [1.29, 1.82) is 0 Å². The molecule has 0 amide bonds. The van der Waals surface area contributed by atoms with Gasteiger partial charge >= 0.3 is 0 Å². The van der Waals surface area contributed by atoms with E-state index in [1.165, 1.54) is 17.7 Å². The summed E-state index contributed by atoms with van der Waals surface area (Å²) in [5.74, 6) is 1.78. The van der Waals surface area contributed by atoms with Gasteiger partial charge in [0.25, 0.3) is 0 Å². The number of hydrogen-bond acceptors (Lipinski definition) is 4. The topological polar surface area (TPSA) is 55.6 Å². The molecule has 1 aliphatic rings. The Kier molecular flexibility index (Phi) is 2.74. The molecule has 94 valence electrons. The minimum Gasteiger partial charge on any atom is -0.370 e. The smallest absolute Gasteiger partial charge is 0.164 e. The zero-order valence-corrected chi connectivity index (χ0v) is 10.8. The summed E-state index contributed by atoms with van der Waals surface area (Å²) in [6, 6.07) is 0. The first-order valence-corrected chi connectivity index (χ1v) is 6.40. The highest BCUT2D eigenvalue weighted by atomic mass is 15.2. The van der Waals surface area contributed by atoms with E-state index in [4.69, 9.17) is 0 Å². The van der Waals surface area contributed by atoms with Crippen LogP contribution in [0.25, 0.3) is 11.4 Å². The second-order valence-corrected chi connectivity index (χ2v) is 4.61. The van der Waals surface area contributed by atoms with Crippen LogP contribution >= 0.6 is 0 Å². The Bertz CT molecular complexity index is 573. The molecule has 0 unspecified atom stereocenters. The van der Waals surface area contributed by atoms with Gasteiger partial charge in [-0.3, -0.25) is 4.68 Å². The van der Waals surface area contributed by atoms with E-state index in [2.05, 4.69) is 27.3 Å². The lowest BCUT2D eigenvalue weighted by Crippen LogP contribution is -2.06. The molecule has 0 saturated carbocycles. The van der Waals surface area contributed by atoms with Crippen LogP contribution in [0.1, 0.15) is 24.6 Å². The van der Waals surface area contributed by atoms with E-state index in [0.717, 1.165) is 36.6 Å². The summed E-state index contributed by atoms with van der Waals surface area (Å²) in [5.41, 5.74) is 3.47. The fraction of sp³-hybridized carbons (Fsp3) is 0.462. The fourth-order valence-corrected chi connectivity index (χ4v) is 2.41. The molecular weight excluding hydrogens is 226 g/mol. The molecule has 0 aliphatic heterocycles. The van der Waals surface area contributed by atoms with Gasteiger partial charge < -0.3 is 5.32 Å². The Morgan fingerprint density at radius 2 is 2.22 bits per heavy atom. The predicted octanol–water partition coefficient (Wildman–Crippen LogP) is 1.80. The molecule has 5 nitrogen and oxygen atoms in total. The molecule has 0 atom stereocenters. The summed E-state index contributed by atoms with van der Waals surface area (Å²) in [5, 5.41) is 7.52. The first-order valence-electron chi connectivity index (χ1n) is 6.40. The van der Waals surface area contributed by atoms with E-state index in [0.29, 0.717) is 0 Å². The van der Waals surface area contributed by atoms with Gasteiger partial charge in [0, 0.05) is 31.0 Å². The maximum absolute atomic E-state index is 4.68. The summed E-state index contributed by atoms with van der Waals surface area (Å²) in [6.07, 6.45) is 7.09. The number of anilines is 1.